The van der Waals surface area contributed by atoms with Gasteiger partial charge in [-0.15, -0.1) is 0 Å². The largest absolute Gasteiger partial charge is 0.378 e. The average molecular weight is 356 g/mol. The summed E-state index contributed by atoms with van der Waals surface area (Å²) < 4.78 is 7.65. The fraction of sp³-hybridized carbons (Fsp3) is 0.500. The molecule has 1 amide bonds. The highest BCUT2D eigenvalue weighted by molar-refractivity contribution is 5.89. The van der Waals surface area contributed by atoms with E-state index in [4.69, 9.17) is 10.5 Å². The van der Waals surface area contributed by atoms with Gasteiger partial charge in [-0.3, -0.25) is 4.79 Å². The number of benzene rings is 1. The number of rotatable bonds is 6. The van der Waals surface area contributed by atoms with E-state index in [2.05, 4.69) is 10.3 Å². The van der Waals surface area contributed by atoms with Crippen molar-refractivity contribution < 1.29 is 9.53 Å². The average Bonchev–Trinajstić information content (AvgIpc) is 3.16. The molecular formula is C20H28N4O2. The highest BCUT2D eigenvalue weighted by atomic mass is 16.5. The van der Waals surface area contributed by atoms with Crippen LogP contribution in [-0.4, -0.2) is 33.7 Å². The van der Waals surface area contributed by atoms with Crippen LogP contribution in [0, 0.1) is 5.41 Å². The lowest BCUT2D eigenvalue weighted by atomic mass is 9.54. The van der Waals surface area contributed by atoms with Crippen molar-refractivity contribution in [1.82, 2.24) is 14.9 Å². The number of carbonyl (C=O) groups excluding carboxylic acids is 1. The van der Waals surface area contributed by atoms with Crippen LogP contribution in [-0.2, 0) is 9.53 Å². The van der Waals surface area contributed by atoms with E-state index in [9.17, 15) is 4.79 Å². The molecule has 1 fully saturated rings. The number of imidazole rings is 1. The molecule has 1 aromatic heterocycles. The number of nitrogens with two attached hydrogens (primary N) is 1. The summed E-state index contributed by atoms with van der Waals surface area (Å²) in [7, 11) is 0. The molecular weight excluding hydrogens is 328 g/mol. The van der Waals surface area contributed by atoms with Gasteiger partial charge in [0.05, 0.1) is 18.5 Å². The predicted octanol–water partition coefficient (Wildman–Crippen LogP) is 2.58. The van der Waals surface area contributed by atoms with E-state index in [1.165, 1.54) is 0 Å². The number of nitrogens with zero attached hydrogens (tertiary/aromatic N) is 2. The van der Waals surface area contributed by atoms with Gasteiger partial charge in [-0.2, -0.15) is 0 Å². The summed E-state index contributed by atoms with van der Waals surface area (Å²) in [5, 5.41) is 3.09. The molecule has 6 heteroatoms. The SMILES string of the molecule is CCOC1CC(N)(C(=O)NC(C)c2cccc(-n3ccnc3)c2)C1(C)C. The number of ether oxygens (including phenoxy) is 1. The van der Waals surface area contributed by atoms with Gasteiger partial charge in [-0.25, -0.2) is 4.98 Å². The lowest BCUT2D eigenvalue weighted by Gasteiger charge is -2.57. The highest BCUT2D eigenvalue weighted by Crippen LogP contribution is 2.50. The van der Waals surface area contributed by atoms with Crippen molar-refractivity contribution in [2.24, 2.45) is 11.1 Å². The van der Waals surface area contributed by atoms with Gasteiger partial charge in [0, 0.05) is 36.5 Å². The van der Waals surface area contributed by atoms with Crippen LogP contribution in [0.4, 0.5) is 0 Å². The molecule has 26 heavy (non-hydrogen) atoms. The first-order valence-electron chi connectivity index (χ1n) is 9.09. The second-order valence-corrected chi connectivity index (χ2v) is 7.60. The maximum absolute atomic E-state index is 12.9. The second kappa shape index (κ2) is 6.85. The summed E-state index contributed by atoms with van der Waals surface area (Å²) in [5.41, 5.74) is 7.19. The van der Waals surface area contributed by atoms with Gasteiger partial charge in [-0.05, 0) is 31.5 Å². The first-order chi connectivity index (χ1) is 12.3. The van der Waals surface area contributed by atoms with Gasteiger partial charge in [0.1, 0.15) is 5.54 Å². The van der Waals surface area contributed by atoms with Gasteiger partial charge in [0.2, 0.25) is 5.91 Å². The molecule has 0 bridgehead atoms. The molecule has 1 saturated carbocycles. The number of hydrogen-bond donors (Lipinski definition) is 2. The van der Waals surface area contributed by atoms with E-state index < -0.39 is 11.0 Å². The molecule has 1 aromatic carbocycles. The summed E-state index contributed by atoms with van der Waals surface area (Å²) in [6.45, 7) is 8.56. The molecule has 1 aliphatic carbocycles. The smallest absolute Gasteiger partial charge is 0.241 e. The maximum atomic E-state index is 12.9. The van der Waals surface area contributed by atoms with Crippen LogP contribution < -0.4 is 11.1 Å². The van der Waals surface area contributed by atoms with E-state index in [-0.39, 0.29) is 18.1 Å². The minimum atomic E-state index is -0.914. The fourth-order valence-corrected chi connectivity index (χ4v) is 3.60. The lowest BCUT2D eigenvalue weighted by molar-refractivity contribution is -0.171. The van der Waals surface area contributed by atoms with Gasteiger partial charge < -0.3 is 20.4 Å². The van der Waals surface area contributed by atoms with Gasteiger partial charge in [0.15, 0.2) is 0 Å². The molecule has 1 heterocycles. The quantitative estimate of drug-likeness (QED) is 0.833. The van der Waals surface area contributed by atoms with Crippen LogP contribution >= 0.6 is 0 Å². The Hall–Kier alpha value is -2.18. The summed E-state index contributed by atoms with van der Waals surface area (Å²) in [4.78, 5) is 17.0. The molecule has 3 atom stereocenters. The van der Waals surface area contributed by atoms with Crippen LogP contribution in [0.2, 0.25) is 0 Å². The van der Waals surface area contributed by atoms with Crippen molar-refractivity contribution in [3.63, 3.8) is 0 Å². The van der Waals surface area contributed by atoms with Crippen molar-refractivity contribution in [2.45, 2.75) is 51.8 Å². The Balaban J connectivity index is 1.71. The first-order valence-corrected chi connectivity index (χ1v) is 9.09. The Morgan fingerprint density at radius 1 is 1.50 bits per heavy atom. The van der Waals surface area contributed by atoms with Crippen LogP contribution in [0.25, 0.3) is 5.69 Å². The third kappa shape index (κ3) is 3.04. The zero-order valence-electron chi connectivity index (χ0n) is 15.9. The summed E-state index contributed by atoms with van der Waals surface area (Å²) in [6.07, 6.45) is 5.94. The molecule has 0 radical (unpaired) electrons. The van der Waals surface area contributed by atoms with Crippen molar-refractivity contribution >= 4 is 5.91 Å². The van der Waals surface area contributed by atoms with Crippen molar-refractivity contribution in [2.75, 3.05) is 6.61 Å². The minimum Gasteiger partial charge on any atom is -0.378 e. The minimum absolute atomic E-state index is 0.0168. The molecule has 2 aromatic rings. The fourth-order valence-electron chi connectivity index (χ4n) is 3.60. The number of amides is 1. The summed E-state index contributed by atoms with van der Waals surface area (Å²) >= 11 is 0. The van der Waals surface area contributed by atoms with Crippen molar-refractivity contribution in [3.8, 4) is 5.69 Å². The van der Waals surface area contributed by atoms with Crippen molar-refractivity contribution in [3.05, 3.63) is 48.5 Å². The molecule has 3 unspecified atom stereocenters. The molecule has 0 aliphatic heterocycles. The number of carbonyl (C=O) groups is 1. The third-order valence-electron chi connectivity index (χ3n) is 5.76. The maximum Gasteiger partial charge on any atom is 0.241 e. The van der Waals surface area contributed by atoms with E-state index in [1.807, 2.05) is 62.7 Å². The topological polar surface area (TPSA) is 82.2 Å². The molecule has 140 valence electrons. The zero-order chi connectivity index (χ0) is 18.9. The second-order valence-electron chi connectivity index (χ2n) is 7.60. The Labute approximate surface area is 154 Å². The van der Waals surface area contributed by atoms with Gasteiger partial charge in [-0.1, -0.05) is 26.0 Å². The molecule has 3 rings (SSSR count). The predicted molar refractivity (Wildman–Crippen MR) is 101 cm³/mol. The summed E-state index contributed by atoms with van der Waals surface area (Å²) in [5.74, 6) is -0.126. The van der Waals surface area contributed by atoms with E-state index in [0.29, 0.717) is 13.0 Å². The molecule has 0 spiro atoms. The Kier molecular flexibility index (Phi) is 4.90. The molecule has 0 saturated heterocycles. The Morgan fingerprint density at radius 3 is 2.88 bits per heavy atom. The lowest BCUT2D eigenvalue weighted by Crippen LogP contribution is -2.75. The van der Waals surface area contributed by atoms with E-state index in [1.54, 1.807) is 12.5 Å². The Morgan fingerprint density at radius 2 is 2.27 bits per heavy atom. The third-order valence-corrected chi connectivity index (χ3v) is 5.76. The number of hydrogen-bond acceptors (Lipinski definition) is 4. The summed E-state index contributed by atoms with van der Waals surface area (Å²) in [6, 6.07) is 7.89. The van der Waals surface area contributed by atoms with Gasteiger partial charge >= 0.3 is 0 Å². The molecule has 3 N–H and O–H groups in total. The first kappa shape index (κ1) is 18.6. The van der Waals surface area contributed by atoms with Crippen LogP contribution in [0.5, 0.6) is 0 Å². The number of nitrogens with one attached hydrogen (secondary N) is 1. The van der Waals surface area contributed by atoms with Crippen LogP contribution in [0.3, 0.4) is 0 Å². The standard InChI is InChI=1S/C20H28N4O2/c1-5-26-17-12-20(21,19(17,3)4)18(25)23-14(2)15-7-6-8-16(11-15)24-10-9-22-13-24/h6-11,13-14,17H,5,12,21H2,1-4H3,(H,23,25). The van der Waals surface area contributed by atoms with Crippen LogP contribution in [0.1, 0.15) is 45.7 Å². The highest BCUT2D eigenvalue weighted by Gasteiger charge is 2.62. The normalized spacial score (nSPS) is 25.3. The van der Waals surface area contributed by atoms with Gasteiger partial charge in [0.25, 0.3) is 0 Å². The van der Waals surface area contributed by atoms with E-state index >= 15 is 0 Å². The van der Waals surface area contributed by atoms with Crippen molar-refractivity contribution in [1.29, 1.82) is 0 Å². The zero-order valence-corrected chi connectivity index (χ0v) is 15.9. The Bertz CT molecular complexity index is 772. The number of aromatic nitrogens is 2. The monoisotopic (exact) mass is 356 g/mol. The molecule has 1 aliphatic rings. The van der Waals surface area contributed by atoms with Crippen LogP contribution in [0.15, 0.2) is 43.0 Å². The molecule has 6 nitrogen and oxygen atoms in total. The van der Waals surface area contributed by atoms with E-state index in [0.717, 1.165) is 11.3 Å².